The second-order valence-corrected chi connectivity index (χ2v) is 5.25. The smallest absolute Gasteiger partial charge is 0.123 e. The molecule has 3 rings (SSSR count). The van der Waals surface area contributed by atoms with Crippen LogP contribution in [0.5, 0.6) is 0 Å². The highest BCUT2D eigenvalue weighted by Crippen LogP contribution is 2.29. The Morgan fingerprint density at radius 1 is 0.842 bits per heavy atom. The van der Waals surface area contributed by atoms with Crippen molar-refractivity contribution >= 4 is 0 Å². The maximum atomic E-state index is 12.9. The molecule has 98 valence electrons. The molecule has 0 aliphatic heterocycles. The zero-order valence-corrected chi connectivity index (χ0v) is 10.9. The van der Waals surface area contributed by atoms with Crippen molar-refractivity contribution in [1.82, 2.24) is 4.90 Å². The van der Waals surface area contributed by atoms with Gasteiger partial charge in [-0.15, -0.1) is 0 Å². The van der Waals surface area contributed by atoms with Gasteiger partial charge in [-0.25, -0.2) is 4.39 Å². The van der Waals surface area contributed by atoms with Crippen molar-refractivity contribution < 1.29 is 4.39 Å². The summed E-state index contributed by atoms with van der Waals surface area (Å²) in [5.74, 6) is -0.162. The molecular weight excluding hydrogens is 237 g/mol. The Morgan fingerprint density at radius 2 is 1.42 bits per heavy atom. The van der Waals surface area contributed by atoms with E-state index in [0.29, 0.717) is 6.04 Å². The van der Waals surface area contributed by atoms with Crippen LogP contribution in [0.15, 0.2) is 54.6 Å². The Hall–Kier alpha value is -1.67. The SMILES string of the molecule is Fc1ccc(CN(Cc2ccccc2)C2CC2)cc1. The number of hydrogen-bond donors (Lipinski definition) is 0. The van der Waals surface area contributed by atoms with Gasteiger partial charge in [0.15, 0.2) is 0 Å². The van der Waals surface area contributed by atoms with Crippen molar-refractivity contribution in [2.75, 3.05) is 0 Å². The second-order valence-electron chi connectivity index (χ2n) is 5.25. The van der Waals surface area contributed by atoms with E-state index in [1.807, 2.05) is 18.2 Å². The molecule has 0 bridgehead atoms. The normalized spacial score (nSPS) is 14.8. The van der Waals surface area contributed by atoms with Gasteiger partial charge in [0.25, 0.3) is 0 Å². The lowest BCUT2D eigenvalue weighted by atomic mass is 10.1. The highest BCUT2D eigenvalue weighted by Gasteiger charge is 2.28. The van der Waals surface area contributed by atoms with Crippen molar-refractivity contribution in [2.45, 2.75) is 32.0 Å². The fraction of sp³-hybridized carbons (Fsp3) is 0.294. The molecule has 0 aromatic heterocycles. The molecule has 0 amide bonds. The highest BCUT2D eigenvalue weighted by molar-refractivity contribution is 5.18. The lowest BCUT2D eigenvalue weighted by Gasteiger charge is -2.22. The number of nitrogens with zero attached hydrogens (tertiary/aromatic N) is 1. The zero-order valence-electron chi connectivity index (χ0n) is 10.9. The quantitative estimate of drug-likeness (QED) is 0.781. The topological polar surface area (TPSA) is 3.24 Å². The van der Waals surface area contributed by atoms with Crippen molar-refractivity contribution in [3.8, 4) is 0 Å². The standard InChI is InChI=1S/C17H18FN/c18-16-8-6-15(7-9-16)13-19(17-10-11-17)12-14-4-2-1-3-5-14/h1-9,17H,10-13H2. The van der Waals surface area contributed by atoms with Gasteiger partial charge in [0.2, 0.25) is 0 Å². The number of hydrogen-bond acceptors (Lipinski definition) is 1. The van der Waals surface area contributed by atoms with E-state index < -0.39 is 0 Å². The van der Waals surface area contributed by atoms with Gasteiger partial charge >= 0.3 is 0 Å². The first-order valence-corrected chi connectivity index (χ1v) is 6.84. The molecule has 1 aliphatic carbocycles. The number of rotatable bonds is 5. The summed E-state index contributed by atoms with van der Waals surface area (Å²) in [5, 5.41) is 0. The van der Waals surface area contributed by atoms with Gasteiger partial charge in [-0.2, -0.15) is 0 Å². The first-order valence-electron chi connectivity index (χ1n) is 6.84. The molecule has 2 aromatic carbocycles. The molecule has 1 aliphatic rings. The molecule has 1 saturated carbocycles. The van der Waals surface area contributed by atoms with Crippen LogP contribution >= 0.6 is 0 Å². The average molecular weight is 255 g/mol. The van der Waals surface area contributed by atoms with Crippen LogP contribution in [0, 0.1) is 5.82 Å². The summed E-state index contributed by atoms with van der Waals surface area (Å²) in [7, 11) is 0. The van der Waals surface area contributed by atoms with E-state index in [2.05, 4.69) is 29.2 Å². The lowest BCUT2D eigenvalue weighted by molar-refractivity contribution is 0.245. The molecule has 1 nitrogen and oxygen atoms in total. The summed E-state index contributed by atoms with van der Waals surface area (Å²) in [4.78, 5) is 2.49. The summed E-state index contributed by atoms with van der Waals surface area (Å²) >= 11 is 0. The summed E-state index contributed by atoms with van der Waals surface area (Å²) in [6.07, 6.45) is 2.57. The van der Waals surface area contributed by atoms with E-state index in [0.717, 1.165) is 13.1 Å². The van der Waals surface area contributed by atoms with Crippen LogP contribution < -0.4 is 0 Å². The Bertz CT molecular complexity index is 517. The van der Waals surface area contributed by atoms with Gasteiger partial charge in [0, 0.05) is 19.1 Å². The van der Waals surface area contributed by atoms with Crippen molar-refractivity contribution in [3.63, 3.8) is 0 Å². The fourth-order valence-corrected chi connectivity index (χ4v) is 2.40. The minimum Gasteiger partial charge on any atom is -0.292 e. The minimum atomic E-state index is -0.162. The molecule has 0 radical (unpaired) electrons. The number of benzene rings is 2. The van der Waals surface area contributed by atoms with Crippen LogP contribution in [0.25, 0.3) is 0 Å². The van der Waals surface area contributed by atoms with Gasteiger partial charge in [0.1, 0.15) is 5.82 Å². The Kier molecular flexibility index (Phi) is 3.60. The first kappa shape index (κ1) is 12.4. The predicted octanol–water partition coefficient (Wildman–Crippen LogP) is 3.99. The molecule has 2 heteroatoms. The monoisotopic (exact) mass is 255 g/mol. The maximum Gasteiger partial charge on any atom is 0.123 e. The largest absolute Gasteiger partial charge is 0.292 e. The Labute approximate surface area is 113 Å². The van der Waals surface area contributed by atoms with Gasteiger partial charge in [-0.05, 0) is 36.1 Å². The predicted molar refractivity (Wildman–Crippen MR) is 75.1 cm³/mol. The van der Waals surface area contributed by atoms with E-state index in [-0.39, 0.29) is 5.82 Å². The van der Waals surface area contributed by atoms with Crippen LogP contribution in [0.3, 0.4) is 0 Å². The minimum absolute atomic E-state index is 0.162. The van der Waals surface area contributed by atoms with Gasteiger partial charge < -0.3 is 0 Å². The molecule has 0 atom stereocenters. The third kappa shape index (κ3) is 3.42. The number of halogens is 1. The van der Waals surface area contributed by atoms with Crippen LogP contribution in [0.2, 0.25) is 0 Å². The maximum absolute atomic E-state index is 12.9. The van der Waals surface area contributed by atoms with Crippen LogP contribution in [0.1, 0.15) is 24.0 Å². The second kappa shape index (κ2) is 5.54. The molecule has 19 heavy (non-hydrogen) atoms. The van der Waals surface area contributed by atoms with E-state index in [1.54, 1.807) is 12.1 Å². The Morgan fingerprint density at radius 3 is 2.00 bits per heavy atom. The highest BCUT2D eigenvalue weighted by atomic mass is 19.1. The van der Waals surface area contributed by atoms with Gasteiger partial charge in [0.05, 0.1) is 0 Å². The van der Waals surface area contributed by atoms with E-state index >= 15 is 0 Å². The molecule has 0 heterocycles. The van der Waals surface area contributed by atoms with Crippen LogP contribution in [-0.2, 0) is 13.1 Å². The molecule has 2 aromatic rings. The Balaban J connectivity index is 1.69. The third-order valence-electron chi connectivity index (χ3n) is 3.59. The first-order chi connectivity index (χ1) is 9.31. The van der Waals surface area contributed by atoms with Gasteiger partial charge in [-0.3, -0.25) is 4.90 Å². The van der Waals surface area contributed by atoms with Gasteiger partial charge in [-0.1, -0.05) is 42.5 Å². The summed E-state index contributed by atoms with van der Waals surface area (Å²) < 4.78 is 12.9. The summed E-state index contributed by atoms with van der Waals surface area (Å²) in [6, 6.07) is 18.1. The average Bonchev–Trinajstić information content (AvgIpc) is 3.26. The van der Waals surface area contributed by atoms with E-state index in [4.69, 9.17) is 0 Å². The summed E-state index contributed by atoms with van der Waals surface area (Å²) in [5.41, 5.74) is 2.53. The van der Waals surface area contributed by atoms with Crippen LogP contribution in [-0.4, -0.2) is 10.9 Å². The van der Waals surface area contributed by atoms with Crippen molar-refractivity contribution in [1.29, 1.82) is 0 Å². The molecule has 0 saturated heterocycles. The lowest BCUT2D eigenvalue weighted by Crippen LogP contribution is -2.25. The molecule has 0 N–H and O–H groups in total. The summed E-state index contributed by atoms with van der Waals surface area (Å²) in [6.45, 7) is 1.88. The van der Waals surface area contributed by atoms with Crippen LogP contribution in [0.4, 0.5) is 4.39 Å². The van der Waals surface area contributed by atoms with E-state index in [1.165, 1.54) is 24.0 Å². The third-order valence-corrected chi connectivity index (χ3v) is 3.59. The van der Waals surface area contributed by atoms with Crippen molar-refractivity contribution in [2.24, 2.45) is 0 Å². The molecule has 0 spiro atoms. The zero-order chi connectivity index (χ0) is 13.1. The van der Waals surface area contributed by atoms with Crippen molar-refractivity contribution in [3.05, 3.63) is 71.5 Å². The van der Waals surface area contributed by atoms with E-state index in [9.17, 15) is 4.39 Å². The molecule has 1 fully saturated rings. The molecule has 0 unspecified atom stereocenters. The molecular formula is C17H18FN. The fourth-order valence-electron chi connectivity index (χ4n) is 2.40.